The van der Waals surface area contributed by atoms with Gasteiger partial charge in [-0.15, -0.1) is 0 Å². The zero-order valence-electron chi connectivity index (χ0n) is 19.3. The predicted molar refractivity (Wildman–Crippen MR) is 111 cm³/mol. The lowest BCUT2D eigenvalue weighted by atomic mass is 10.2. The van der Waals surface area contributed by atoms with E-state index in [4.69, 9.17) is 18.9 Å². The fourth-order valence-electron chi connectivity index (χ4n) is 2.04. The molecule has 0 aliphatic carbocycles. The van der Waals surface area contributed by atoms with E-state index < -0.39 is 47.6 Å². The van der Waals surface area contributed by atoms with Crippen LogP contribution in [0.25, 0.3) is 0 Å². The second-order valence-corrected chi connectivity index (χ2v) is 8.74. The minimum Gasteiger partial charge on any atom is -0.465 e. The Labute approximate surface area is 190 Å². The van der Waals surface area contributed by atoms with Gasteiger partial charge in [-0.1, -0.05) is 0 Å². The Morgan fingerprint density at radius 3 is 1.79 bits per heavy atom. The molecule has 0 aliphatic rings. The number of benzene rings is 1. The van der Waals surface area contributed by atoms with E-state index in [2.05, 4.69) is 0 Å². The number of hydrogen-bond acceptors (Lipinski definition) is 7. The lowest BCUT2D eigenvalue weighted by Crippen LogP contribution is -2.46. The fourth-order valence-corrected chi connectivity index (χ4v) is 2.04. The molecule has 0 atom stereocenters. The summed E-state index contributed by atoms with van der Waals surface area (Å²) in [5.74, 6) is -0.780. The van der Waals surface area contributed by atoms with Crippen molar-refractivity contribution in [3.05, 3.63) is 42.2 Å². The SMILES string of the molecule is CC(C)(C)OC(=O)N(CC(=O)OC/C=C/Oc1ccc(C(F)(F)F)cc1)C(=O)OC(C)(C)C. The molecule has 0 aromatic heterocycles. The number of esters is 1. The first-order valence-corrected chi connectivity index (χ1v) is 9.86. The van der Waals surface area contributed by atoms with Crippen molar-refractivity contribution in [3.63, 3.8) is 0 Å². The van der Waals surface area contributed by atoms with Crippen LogP contribution >= 0.6 is 0 Å². The van der Waals surface area contributed by atoms with Gasteiger partial charge >= 0.3 is 24.3 Å². The molecule has 0 spiro atoms. The Bertz CT molecular complexity index is 823. The second kappa shape index (κ2) is 11.1. The Hall–Kier alpha value is -3.24. The van der Waals surface area contributed by atoms with Crippen LogP contribution in [0.4, 0.5) is 22.8 Å². The maximum atomic E-state index is 12.5. The molecule has 0 saturated heterocycles. The first-order chi connectivity index (χ1) is 15.0. The molecule has 0 radical (unpaired) electrons. The molecule has 0 heterocycles. The van der Waals surface area contributed by atoms with Gasteiger partial charge in [0.05, 0.1) is 11.8 Å². The van der Waals surface area contributed by atoms with E-state index in [1.54, 1.807) is 41.5 Å². The quantitative estimate of drug-likeness (QED) is 0.313. The van der Waals surface area contributed by atoms with Gasteiger partial charge in [0.15, 0.2) is 0 Å². The molecule has 0 unspecified atom stereocenters. The third kappa shape index (κ3) is 11.3. The Morgan fingerprint density at radius 1 is 0.879 bits per heavy atom. The van der Waals surface area contributed by atoms with Crippen LogP contribution in [-0.4, -0.2) is 47.4 Å². The number of carbonyl (C=O) groups is 3. The summed E-state index contributed by atoms with van der Waals surface area (Å²) in [6.07, 6.45) is -4.20. The molecule has 11 heteroatoms. The average molecular weight is 475 g/mol. The molecule has 1 aromatic rings. The molecule has 0 bridgehead atoms. The Kier molecular flexibility index (Phi) is 9.32. The van der Waals surface area contributed by atoms with E-state index in [1.807, 2.05) is 0 Å². The summed E-state index contributed by atoms with van der Waals surface area (Å²) in [6.45, 7) is 8.54. The number of carbonyl (C=O) groups excluding carboxylic acids is 3. The van der Waals surface area contributed by atoms with Crippen molar-refractivity contribution in [3.8, 4) is 5.75 Å². The van der Waals surface area contributed by atoms with Crippen molar-refractivity contribution in [2.75, 3.05) is 13.2 Å². The largest absolute Gasteiger partial charge is 0.465 e. The topological polar surface area (TPSA) is 91.4 Å². The summed E-state index contributed by atoms with van der Waals surface area (Å²) in [5, 5.41) is 0. The van der Waals surface area contributed by atoms with Crippen molar-refractivity contribution in [1.29, 1.82) is 0 Å². The first kappa shape index (κ1) is 27.8. The van der Waals surface area contributed by atoms with Crippen LogP contribution in [0.1, 0.15) is 47.1 Å². The standard InChI is InChI=1S/C22H28F3NO7/c1-20(2,3)32-18(28)26(19(29)33-21(4,5)6)14-17(27)31-13-7-12-30-16-10-8-15(9-11-16)22(23,24)25/h7-12H,13-14H2,1-6H3/b12-7+. The molecule has 0 saturated carbocycles. The van der Waals surface area contributed by atoms with Gasteiger partial charge in [0.1, 0.15) is 30.1 Å². The predicted octanol–water partition coefficient (Wildman–Crippen LogP) is 5.31. The van der Waals surface area contributed by atoms with Gasteiger partial charge in [-0.2, -0.15) is 13.2 Å². The smallest absolute Gasteiger partial charge is 0.420 e. The van der Waals surface area contributed by atoms with Gasteiger partial charge in [0, 0.05) is 0 Å². The van der Waals surface area contributed by atoms with Gasteiger partial charge in [-0.25, -0.2) is 14.5 Å². The number of rotatable bonds is 6. The van der Waals surface area contributed by atoms with Crippen LogP contribution < -0.4 is 4.74 Å². The minimum atomic E-state index is -4.45. The molecule has 184 valence electrons. The maximum absolute atomic E-state index is 12.5. The molecular formula is C22H28F3NO7. The second-order valence-electron chi connectivity index (χ2n) is 8.74. The summed E-state index contributed by atoms with van der Waals surface area (Å²) in [7, 11) is 0. The number of hydrogen-bond donors (Lipinski definition) is 0. The first-order valence-electron chi connectivity index (χ1n) is 9.86. The molecule has 0 aliphatic heterocycles. The highest BCUT2D eigenvalue weighted by molar-refractivity contribution is 5.92. The number of imide groups is 1. The van der Waals surface area contributed by atoms with Gasteiger partial charge < -0.3 is 18.9 Å². The number of nitrogens with zero attached hydrogens (tertiary/aromatic N) is 1. The van der Waals surface area contributed by atoms with E-state index in [0.29, 0.717) is 4.90 Å². The summed E-state index contributed by atoms with van der Waals surface area (Å²) >= 11 is 0. The maximum Gasteiger partial charge on any atom is 0.420 e. The lowest BCUT2D eigenvalue weighted by molar-refractivity contribution is -0.143. The van der Waals surface area contributed by atoms with E-state index in [-0.39, 0.29) is 12.4 Å². The number of ether oxygens (including phenoxy) is 4. The molecule has 1 aromatic carbocycles. The van der Waals surface area contributed by atoms with Crippen LogP contribution in [0, 0.1) is 0 Å². The fraction of sp³-hybridized carbons (Fsp3) is 0.500. The lowest BCUT2D eigenvalue weighted by Gasteiger charge is -2.28. The van der Waals surface area contributed by atoms with E-state index in [1.165, 1.54) is 6.08 Å². The number of amides is 2. The van der Waals surface area contributed by atoms with E-state index in [9.17, 15) is 27.6 Å². The summed E-state index contributed by atoms with van der Waals surface area (Å²) < 4.78 is 57.9. The minimum absolute atomic E-state index is 0.145. The van der Waals surface area contributed by atoms with Crippen molar-refractivity contribution in [2.24, 2.45) is 0 Å². The third-order valence-electron chi connectivity index (χ3n) is 3.34. The molecule has 8 nitrogen and oxygen atoms in total. The number of alkyl halides is 3. The average Bonchev–Trinajstić information content (AvgIpc) is 2.62. The van der Waals surface area contributed by atoms with E-state index in [0.717, 1.165) is 30.5 Å². The van der Waals surface area contributed by atoms with Gasteiger partial charge in [-0.05, 0) is 71.9 Å². The van der Waals surface area contributed by atoms with Crippen LogP contribution in [-0.2, 0) is 25.2 Å². The van der Waals surface area contributed by atoms with Gasteiger partial charge in [-0.3, -0.25) is 4.79 Å². The summed E-state index contributed by atoms with van der Waals surface area (Å²) in [4.78, 5) is 37.2. The van der Waals surface area contributed by atoms with Crippen LogP contribution in [0.3, 0.4) is 0 Å². The molecule has 1 rings (SSSR count). The van der Waals surface area contributed by atoms with Crippen LogP contribution in [0.15, 0.2) is 36.6 Å². The van der Waals surface area contributed by atoms with Crippen molar-refractivity contribution in [1.82, 2.24) is 4.90 Å². The Balaban J connectivity index is 2.63. The highest BCUT2D eigenvalue weighted by atomic mass is 19.4. The zero-order valence-corrected chi connectivity index (χ0v) is 19.3. The Morgan fingerprint density at radius 2 is 1.36 bits per heavy atom. The molecule has 2 amide bonds. The molecule has 33 heavy (non-hydrogen) atoms. The van der Waals surface area contributed by atoms with Crippen molar-refractivity contribution >= 4 is 18.2 Å². The van der Waals surface area contributed by atoms with Crippen LogP contribution in [0.5, 0.6) is 5.75 Å². The molecular weight excluding hydrogens is 447 g/mol. The highest BCUT2D eigenvalue weighted by Gasteiger charge is 2.33. The van der Waals surface area contributed by atoms with E-state index >= 15 is 0 Å². The highest BCUT2D eigenvalue weighted by Crippen LogP contribution is 2.30. The number of halogens is 3. The zero-order chi connectivity index (χ0) is 25.4. The summed E-state index contributed by atoms with van der Waals surface area (Å²) in [5.41, 5.74) is -2.65. The van der Waals surface area contributed by atoms with Gasteiger partial charge in [0.2, 0.25) is 0 Å². The third-order valence-corrected chi connectivity index (χ3v) is 3.34. The van der Waals surface area contributed by atoms with Crippen LogP contribution in [0.2, 0.25) is 0 Å². The van der Waals surface area contributed by atoms with Gasteiger partial charge in [0.25, 0.3) is 0 Å². The monoisotopic (exact) mass is 475 g/mol. The molecule has 0 N–H and O–H groups in total. The van der Waals surface area contributed by atoms with Crippen molar-refractivity contribution in [2.45, 2.75) is 58.9 Å². The summed E-state index contributed by atoms with van der Waals surface area (Å²) in [6, 6.07) is 4.01. The van der Waals surface area contributed by atoms with Crippen molar-refractivity contribution < 1.29 is 46.5 Å². The molecule has 0 fully saturated rings. The normalized spacial score (nSPS) is 12.3.